The number of carbonyl (C=O) groups excluding carboxylic acids is 2. The summed E-state index contributed by atoms with van der Waals surface area (Å²) in [5.41, 5.74) is 0. The Kier molecular flexibility index (Phi) is 10.6. The number of unbranched alkanes of at least 4 members (excludes halogenated alkanes) is 2. The Balaban J connectivity index is 1.67. The average Bonchev–Trinajstić information content (AvgIpc) is 3.29. The Morgan fingerprint density at radius 2 is 1.69 bits per heavy atom. The minimum Gasteiger partial charge on any atom is -0.481 e. The van der Waals surface area contributed by atoms with Gasteiger partial charge in [-0.15, -0.1) is 0 Å². The number of carbonyl (C=O) groups is 3. The van der Waals surface area contributed by atoms with Gasteiger partial charge in [0.25, 0.3) is 0 Å². The van der Waals surface area contributed by atoms with Crippen LogP contribution in [0.3, 0.4) is 0 Å². The zero-order chi connectivity index (χ0) is 21.1. The van der Waals surface area contributed by atoms with Gasteiger partial charge in [0.15, 0.2) is 0 Å². The van der Waals surface area contributed by atoms with Gasteiger partial charge in [-0.1, -0.05) is 25.5 Å². The molecule has 0 spiro atoms. The maximum Gasteiger partial charge on any atom is 0.303 e. The van der Waals surface area contributed by atoms with E-state index in [0.717, 1.165) is 25.7 Å². The number of carboxylic acids is 1. The van der Waals surface area contributed by atoms with Crippen molar-refractivity contribution in [3.8, 4) is 0 Å². The molecule has 0 saturated carbocycles. The molecule has 4 atom stereocenters. The first-order valence-electron chi connectivity index (χ1n) is 11.1. The van der Waals surface area contributed by atoms with Crippen LogP contribution in [-0.4, -0.2) is 46.5 Å². The van der Waals surface area contributed by atoms with Crippen LogP contribution in [0.1, 0.15) is 71.1 Å². The standard InChI is InChI=1S/C22H36N2O4S/c1-2-3-9-20(25)23-14-13-21(26)24-15-17-16(18-11-12-19(17)29-18)8-6-4-5-7-10-22(27)28/h4,6,16-19H,2-3,5,7-15H2,1H3,(H,23,25)(H,24,26)(H,27,28)/t16-,17+,18-,19+/m1/s1. The summed E-state index contributed by atoms with van der Waals surface area (Å²) in [6.07, 6.45) is 12.3. The first-order valence-corrected chi connectivity index (χ1v) is 12.0. The van der Waals surface area contributed by atoms with Gasteiger partial charge in [0.2, 0.25) is 11.8 Å². The lowest BCUT2D eigenvalue weighted by Gasteiger charge is -2.29. The van der Waals surface area contributed by atoms with E-state index in [1.807, 2.05) is 0 Å². The number of fused-ring (bicyclic) bond motifs is 2. The molecule has 164 valence electrons. The highest BCUT2D eigenvalue weighted by Gasteiger charge is 2.47. The number of aliphatic carboxylic acids is 1. The molecule has 0 aromatic carbocycles. The molecule has 2 fully saturated rings. The first-order chi connectivity index (χ1) is 14.0. The second-order valence-electron chi connectivity index (χ2n) is 8.12. The maximum atomic E-state index is 12.2. The maximum absolute atomic E-state index is 12.2. The van der Waals surface area contributed by atoms with E-state index >= 15 is 0 Å². The Morgan fingerprint density at radius 3 is 2.41 bits per heavy atom. The molecule has 0 aromatic rings. The molecule has 7 heteroatoms. The van der Waals surface area contributed by atoms with Crippen LogP contribution in [-0.2, 0) is 14.4 Å². The fourth-order valence-electron chi connectivity index (χ4n) is 4.28. The summed E-state index contributed by atoms with van der Waals surface area (Å²) in [5.74, 6) is 0.393. The van der Waals surface area contributed by atoms with Crippen LogP contribution in [0.25, 0.3) is 0 Å². The van der Waals surface area contributed by atoms with Crippen molar-refractivity contribution < 1.29 is 19.5 Å². The lowest BCUT2D eigenvalue weighted by molar-refractivity contribution is -0.137. The van der Waals surface area contributed by atoms with Crippen LogP contribution >= 0.6 is 11.8 Å². The molecular weight excluding hydrogens is 388 g/mol. The van der Waals surface area contributed by atoms with Crippen LogP contribution in [0.15, 0.2) is 12.2 Å². The second-order valence-corrected chi connectivity index (χ2v) is 9.60. The molecule has 0 unspecified atom stereocenters. The number of hydrogen-bond acceptors (Lipinski definition) is 4. The van der Waals surface area contributed by atoms with Gasteiger partial charge < -0.3 is 15.7 Å². The van der Waals surface area contributed by atoms with E-state index in [1.165, 1.54) is 12.8 Å². The van der Waals surface area contributed by atoms with Crippen molar-refractivity contribution in [3.05, 3.63) is 12.2 Å². The number of amides is 2. The smallest absolute Gasteiger partial charge is 0.303 e. The fraction of sp³-hybridized carbons (Fsp3) is 0.773. The molecule has 0 aliphatic carbocycles. The van der Waals surface area contributed by atoms with Crippen LogP contribution in [0, 0.1) is 11.8 Å². The molecule has 2 heterocycles. The Labute approximate surface area is 178 Å². The summed E-state index contributed by atoms with van der Waals surface area (Å²) in [5, 5.41) is 15.9. The summed E-state index contributed by atoms with van der Waals surface area (Å²) in [6, 6.07) is 0. The summed E-state index contributed by atoms with van der Waals surface area (Å²) in [6.45, 7) is 3.17. The zero-order valence-corrected chi connectivity index (χ0v) is 18.3. The highest BCUT2D eigenvalue weighted by molar-refractivity contribution is 8.01. The second kappa shape index (κ2) is 12.9. The zero-order valence-electron chi connectivity index (χ0n) is 17.5. The van der Waals surface area contributed by atoms with Crippen LogP contribution in [0.5, 0.6) is 0 Å². The van der Waals surface area contributed by atoms with Gasteiger partial charge in [-0.05, 0) is 50.4 Å². The average molecular weight is 425 g/mol. The molecule has 0 aromatic heterocycles. The van der Waals surface area contributed by atoms with Gasteiger partial charge in [-0.3, -0.25) is 14.4 Å². The number of rotatable bonds is 14. The molecule has 3 N–H and O–H groups in total. The van der Waals surface area contributed by atoms with E-state index in [9.17, 15) is 14.4 Å². The van der Waals surface area contributed by atoms with Crippen molar-refractivity contribution in [1.29, 1.82) is 0 Å². The quantitative estimate of drug-likeness (QED) is 0.293. The van der Waals surface area contributed by atoms with E-state index in [1.54, 1.807) is 0 Å². The van der Waals surface area contributed by atoms with Gasteiger partial charge >= 0.3 is 5.97 Å². The third-order valence-corrected chi connectivity index (χ3v) is 7.76. The number of allylic oxidation sites excluding steroid dienone is 2. The monoisotopic (exact) mass is 424 g/mol. The van der Waals surface area contributed by atoms with Crippen molar-refractivity contribution in [2.75, 3.05) is 13.1 Å². The van der Waals surface area contributed by atoms with Crippen LogP contribution < -0.4 is 10.6 Å². The lowest BCUT2D eigenvalue weighted by Crippen LogP contribution is -2.39. The highest BCUT2D eigenvalue weighted by atomic mass is 32.2. The van der Waals surface area contributed by atoms with Gasteiger partial charge in [-0.2, -0.15) is 11.8 Å². The predicted molar refractivity (Wildman–Crippen MR) is 117 cm³/mol. The third-order valence-electron chi connectivity index (χ3n) is 5.89. The van der Waals surface area contributed by atoms with Gasteiger partial charge in [0.1, 0.15) is 0 Å². The van der Waals surface area contributed by atoms with Crippen molar-refractivity contribution in [2.45, 2.75) is 81.6 Å². The van der Waals surface area contributed by atoms with Gasteiger partial charge in [0.05, 0.1) is 0 Å². The van der Waals surface area contributed by atoms with E-state index < -0.39 is 5.97 Å². The van der Waals surface area contributed by atoms with E-state index in [2.05, 4.69) is 41.5 Å². The number of nitrogens with one attached hydrogen (secondary N) is 2. The molecule has 2 aliphatic heterocycles. The Morgan fingerprint density at radius 1 is 0.966 bits per heavy atom. The summed E-state index contributed by atoms with van der Waals surface area (Å²) >= 11 is 2.08. The fourth-order valence-corrected chi connectivity index (χ4v) is 6.29. The molecule has 6 nitrogen and oxygen atoms in total. The van der Waals surface area contributed by atoms with Crippen molar-refractivity contribution in [1.82, 2.24) is 10.6 Å². The summed E-state index contributed by atoms with van der Waals surface area (Å²) in [7, 11) is 0. The first kappa shape index (κ1) is 23.8. The van der Waals surface area contributed by atoms with Crippen molar-refractivity contribution >= 4 is 29.5 Å². The predicted octanol–water partition coefficient (Wildman–Crippen LogP) is 3.51. The molecule has 0 radical (unpaired) electrons. The van der Waals surface area contributed by atoms with Crippen LogP contribution in [0.2, 0.25) is 0 Å². The minimum atomic E-state index is -0.737. The van der Waals surface area contributed by atoms with E-state index in [0.29, 0.717) is 54.7 Å². The summed E-state index contributed by atoms with van der Waals surface area (Å²) in [4.78, 5) is 34.3. The van der Waals surface area contributed by atoms with Crippen LogP contribution in [0.4, 0.5) is 0 Å². The number of hydrogen-bond donors (Lipinski definition) is 3. The van der Waals surface area contributed by atoms with E-state index in [-0.39, 0.29) is 18.2 Å². The molecular formula is C22H36N2O4S. The normalized spacial score (nSPS) is 25.4. The molecule has 2 amide bonds. The van der Waals surface area contributed by atoms with Crippen molar-refractivity contribution in [3.63, 3.8) is 0 Å². The number of thioether (sulfide) groups is 1. The minimum absolute atomic E-state index is 0.0107. The molecule has 29 heavy (non-hydrogen) atoms. The van der Waals surface area contributed by atoms with Gasteiger partial charge in [0, 0.05) is 42.9 Å². The Hall–Kier alpha value is -1.50. The SMILES string of the molecule is CCCCC(=O)NCCC(=O)NC[C@H]1[C@@H](CC=CCCCC(=O)O)[C@H]2CC[C@@H]1S2. The molecule has 2 aliphatic rings. The number of carboxylic acid groups (broad SMARTS) is 1. The van der Waals surface area contributed by atoms with E-state index in [4.69, 9.17) is 5.11 Å². The van der Waals surface area contributed by atoms with Crippen molar-refractivity contribution in [2.24, 2.45) is 11.8 Å². The molecule has 2 rings (SSSR count). The Bertz CT molecular complexity index is 581. The summed E-state index contributed by atoms with van der Waals surface area (Å²) < 4.78 is 0. The largest absolute Gasteiger partial charge is 0.481 e. The highest BCUT2D eigenvalue weighted by Crippen LogP contribution is 2.54. The van der Waals surface area contributed by atoms with Gasteiger partial charge in [-0.25, -0.2) is 0 Å². The third kappa shape index (κ3) is 8.41. The lowest BCUT2D eigenvalue weighted by atomic mass is 9.77. The topological polar surface area (TPSA) is 95.5 Å². The molecule has 2 bridgehead atoms. The molecule has 2 saturated heterocycles.